The van der Waals surface area contributed by atoms with Crippen molar-refractivity contribution in [3.05, 3.63) is 29.6 Å². The Kier molecular flexibility index (Phi) is 7.50. The molecule has 3 heterocycles. The van der Waals surface area contributed by atoms with Gasteiger partial charge in [0.15, 0.2) is 5.69 Å². The summed E-state index contributed by atoms with van der Waals surface area (Å²) in [7, 11) is 0. The number of nitrogens with zero attached hydrogens (tertiary/aromatic N) is 3. The maximum absolute atomic E-state index is 13.2. The molecule has 4 rings (SSSR count). The number of hydrogen-bond acceptors (Lipinski definition) is 6. The number of morpholine rings is 1. The van der Waals surface area contributed by atoms with Crippen LogP contribution < -0.4 is 0 Å². The van der Waals surface area contributed by atoms with Crippen molar-refractivity contribution in [1.29, 1.82) is 0 Å². The quantitative estimate of drug-likeness (QED) is 0.663. The van der Waals surface area contributed by atoms with E-state index >= 15 is 0 Å². The van der Waals surface area contributed by atoms with E-state index in [1.165, 1.54) is 17.0 Å². The Hall–Kier alpha value is -2.24. The standard InChI is InChI=1S/C19H24F3N3O3.CH2O2/c20-19(21,22)17-14(2-1-3-23-17)18(27)25-10-12-8-15(16(26)9-13(12)11-25)24-4-6-28-7-5-24;2-1-3/h1-3,12-13,15-16,26H,4-11H2;1H,(H,2,3)/t12-,13+,15-,16-;/m1./s1. The molecule has 0 unspecified atom stereocenters. The Balaban J connectivity index is 0.000000858. The van der Waals surface area contributed by atoms with Crippen LogP contribution in [0.15, 0.2) is 18.3 Å². The van der Waals surface area contributed by atoms with E-state index in [2.05, 4.69) is 9.88 Å². The Morgan fingerprint density at radius 2 is 1.81 bits per heavy atom. The Labute approximate surface area is 177 Å². The summed E-state index contributed by atoms with van der Waals surface area (Å²) < 4.78 is 45.0. The number of aliphatic hydroxyl groups excluding tert-OH is 1. The number of pyridine rings is 1. The van der Waals surface area contributed by atoms with Crippen LogP contribution in [0.4, 0.5) is 13.2 Å². The van der Waals surface area contributed by atoms with Crippen LogP contribution in [0.1, 0.15) is 28.9 Å². The number of likely N-dealkylation sites (tertiary alicyclic amines) is 1. The summed E-state index contributed by atoms with van der Waals surface area (Å²) in [4.78, 5) is 28.3. The lowest BCUT2D eigenvalue weighted by molar-refractivity contribution is -0.141. The van der Waals surface area contributed by atoms with Crippen molar-refractivity contribution >= 4 is 12.4 Å². The van der Waals surface area contributed by atoms with Gasteiger partial charge < -0.3 is 19.8 Å². The van der Waals surface area contributed by atoms with E-state index < -0.39 is 29.4 Å². The molecule has 1 amide bonds. The molecule has 0 radical (unpaired) electrons. The molecule has 2 aliphatic heterocycles. The minimum absolute atomic E-state index is 0.0179. The average molecular weight is 445 g/mol. The van der Waals surface area contributed by atoms with Gasteiger partial charge in [0, 0.05) is 38.4 Å². The zero-order valence-electron chi connectivity index (χ0n) is 16.9. The van der Waals surface area contributed by atoms with Gasteiger partial charge in [-0.15, -0.1) is 0 Å². The highest BCUT2D eigenvalue weighted by Gasteiger charge is 2.46. The minimum atomic E-state index is -4.67. The number of alkyl halides is 3. The Morgan fingerprint density at radius 3 is 2.42 bits per heavy atom. The minimum Gasteiger partial charge on any atom is -0.483 e. The van der Waals surface area contributed by atoms with E-state index in [0.29, 0.717) is 32.7 Å². The van der Waals surface area contributed by atoms with Gasteiger partial charge in [-0.25, -0.2) is 0 Å². The lowest BCUT2D eigenvalue weighted by Gasteiger charge is -2.43. The van der Waals surface area contributed by atoms with Gasteiger partial charge in [0.2, 0.25) is 0 Å². The molecule has 1 aromatic rings. The molecule has 3 fully saturated rings. The van der Waals surface area contributed by atoms with Crippen LogP contribution in [-0.2, 0) is 15.7 Å². The highest BCUT2D eigenvalue weighted by Crippen LogP contribution is 2.39. The molecule has 1 aromatic heterocycles. The van der Waals surface area contributed by atoms with Crippen LogP contribution >= 0.6 is 0 Å². The topological polar surface area (TPSA) is 103 Å². The summed E-state index contributed by atoms with van der Waals surface area (Å²) in [5.74, 6) is -0.333. The number of rotatable bonds is 2. The van der Waals surface area contributed by atoms with Crippen LogP contribution in [0.2, 0.25) is 0 Å². The van der Waals surface area contributed by atoms with E-state index in [-0.39, 0.29) is 24.3 Å². The number of carbonyl (C=O) groups is 2. The number of amides is 1. The number of hydrogen-bond donors (Lipinski definition) is 2. The van der Waals surface area contributed by atoms with E-state index in [1.54, 1.807) is 0 Å². The van der Waals surface area contributed by atoms with Crippen LogP contribution in [0, 0.1) is 11.8 Å². The van der Waals surface area contributed by atoms with Gasteiger partial charge in [0.1, 0.15) is 0 Å². The SMILES string of the molecule is O=C(c1cccnc1C(F)(F)F)N1C[C@H]2C[C@@H](N3CCOCC3)[C@H](O)C[C@H]2C1.O=CO. The molecule has 172 valence electrons. The van der Waals surface area contributed by atoms with Crippen LogP contribution in [0.3, 0.4) is 0 Å². The average Bonchev–Trinajstić information content (AvgIpc) is 3.16. The second-order valence-electron chi connectivity index (χ2n) is 7.99. The molecule has 11 heteroatoms. The summed E-state index contributed by atoms with van der Waals surface area (Å²) in [6.45, 7) is 3.37. The van der Waals surface area contributed by atoms with Crippen LogP contribution in [-0.4, -0.2) is 88.9 Å². The van der Waals surface area contributed by atoms with Gasteiger partial charge >= 0.3 is 6.18 Å². The summed E-state index contributed by atoms with van der Waals surface area (Å²) in [6.07, 6.45) is -2.80. The molecule has 3 aliphatic rings. The number of ether oxygens (including phenoxy) is 1. The third kappa shape index (κ3) is 5.34. The molecule has 4 atom stereocenters. The molecule has 1 saturated carbocycles. The second kappa shape index (κ2) is 9.92. The van der Waals surface area contributed by atoms with Gasteiger partial charge in [-0.05, 0) is 36.8 Å². The molecule has 2 saturated heterocycles. The van der Waals surface area contributed by atoms with Gasteiger partial charge in [-0.2, -0.15) is 13.2 Å². The summed E-state index contributed by atoms with van der Waals surface area (Å²) in [5.41, 5.74) is -1.54. The van der Waals surface area contributed by atoms with Gasteiger partial charge in [-0.3, -0.25) is 19.5 Å². The molecule has 31 heavy (non-hydrogen) atoms. The number of aliphatic hydroxyl groups is 1. The van der Waals surface area contributed by atoms with Crippen molar-refractivity contribution in [2.75, 3.05) is 39.4 Å². The molecule has 2 N–H and O–H groups in total. The van der Waals surface area contributed by atoms with Crippen molar-refractivity contribution in [1.82, 2.24) is 14.8 Å². The number of halogens is 3. The van der Waals surface area contributed by atoms with E-state index in [4.69, 9.17) is 14.6 Å². The molecule has 0 spiro atoms. The zero-order chi connectivity index (χ0) is 22.6. The molecule has 1 aliphatic carbocycles. The maximum atomic E-state index is 13.2. The van der Waals surface area contributed by atoms with Crippen LogP contribution in [0.5, 0.6) is 0 Å². The predicted octanol–water partition coefficient (Wildman–Crippen LogP) is 1.34. The van der Waals surface area contributed by atoms with Gasteiger partial charge in [0.25, 0.3) is 12.4 Å². The number of carboxylic acid groups (broad SMARTS) is 1. The molecule has 0 bridgehead atoms. The smallest absolute Gasteiger partial charge is 0.434 e. The number of fused-ring (bicyclic) bond motifs is 1. The third-order valence-corrected chi connectivity index (χ3v) is 6.22. The van der Waals surface area contributed by atoms with E-state index in [9.17, 15) is 23.1 Å². The van der Waals surface area contributed by atoms with Gasteiger partial charge in [-0.1, -0.05) is 0 Å². The number of carbonyl (C=O) groups excluding carboxylic acids is 1. The fraction of sp³-hybridized carbons (Fsp3) is 0.650. The predicted molar refractivity (Wildman–Crippen MR) is 102 cm³/mol. The fourth-order valence-corrected chi connectivity index (χ4v) is 4.85. The molecule has 0 aromatic carbocycles. The Morgan fingerprint density at radius 1 is 1.19 bits per heavy atom. The molecule has 8 nitrogen and oxygen atoms in total. The Bertz CT molecular complexity index is 773. The first-order valence-corrected chi connectivity index (χ1v) is 10.2. The van der Waals surface area contributed by atoms with E-state index in [1.807, 2.05) is 0 Å². The molecular formula is C20H26F3N3O5. The van der Waals surface area contributed by atoms with E-state index in [0.717, 1.165) is 25.7 Å². The van der Waals surface area contributed by atoms with Crippen molar-refractivity contribution in [3.63, 3.8) is 0 Å². The first-order valence-electron chi connectivity index (χ1n) is 10.2. The van der Waals surface area contributed by atoms with Crippen molar-refractivity contribution in [2.24, 2.45) is 11.8 Å². The fourth-order valence-electron chi connectivity index (χ4n) is 4.85. The second-order valence-corrected chi connectivity index (χ2v) is 7.99. The zero-order valence-corrected chi connectivity index (χ0v) is 16.9. The van der Waals surface area contributed by atoms with Gasteiger partial charge in [0.05, 0.1) is 24.9 Å². The third-order valence-electron chi connectivity index (χ3n) is 6.22. The van der Waals surface area contributed by atoms with Crippen molar-refractivity contribution < 1.29 is 37.7 Å². The largest absolute Gasteiger partial charge is 0.483 e. The highest BCUT2D eigenvalue weighted by atomic mass is 19.4. The van der Waals surface area contributed by atoms with Crippen molar-refractivity contribution in [3.8, 4) is 0 Å². The summed E-state index contributed by atoms with van der Waals surface area (Å²) in [5, 5.41) is 17.5. The monoisotopic (exact) mass is 445 g/mol. The van der Waals surface area contributed by atoms with Crippen LogP contribution in [0.25, 0.3) is 0 Å². The number of aromatic nitrogens is 1. The summed E-state index contributed by atoms with van der Waals surface area (Å²) >= 11 is 0. The maximum Gasteiger partial charge on any atom is 0.434 e. The summed E-state index contributed by atoms with van der Waals surface area (Å²) in [6, 6.07) is 2.55. The highest BCUT2D eigenvalue weighted by molar-refractivity contribution is 5.95. The first kappa shape index (κ1) is 23.4. The lowest BCUT2D eigenvalue weighted by atomic mass is 9.77. The normalized spacial score (nSPS) is 29.0. The molecular weight excluding hydrogens is 419 g/mol. The lowest BCUT2D eigenvalue weighted by Crippen LogP contribution is -2.53. The van der Waals surface area contributed by atoms with Crippen molar-refractivity contribution in [2.45, 2.75) is 31.2 Å². The first-order chi connectivity index (χ1) is 14.8.